The van der Waals surface area contributed by atoms with Crippen molar-refractivity contribution >= 4 is 11.9 Å². The van der Waals surface area contributed by atoms with Gasteiger partial charge in [0.25, 0.3) is 0 Å². The second kappa shape index (κ2) is 10.3. The van der Waals surface area contributed by atoms with Crippen molar-refractivity contribution in [2.45, 2.75) is 64.8 Å². The second-order valence-corrected chi connectivity index (χ2v) is 8.50. The summed E-state index contributed by atoms with van der Waals surface area (Å²) in [7, 11) is 4.40. The molecule has 1 heterocycles. The highest BCUT2D eigenvalue weighted by molar-refractivity contribution is 5.80. The van der Waals surface area contributed by atoms with Gasteiger partial charge in [-0.25, -0.2) is 0 Å². The fourth-order valence-corrected chi connectivity index (χ4v) is 4.56. The number of esters is 1. The van der Waals surface area contributed by atoms with E-state index in [0.717, 1.165) is 50.9 Å². The molecule has 1 saturated carbocycles. The van der Waals surface area contributed by atoms with Crippen LogP contribution < -0.4 is 5.32 Å². The van der Waals surface area contributed by atoms with Gasteiger partial charge in [0, 0.05) is 25.2 Å². The number of nitrogens with one attached hydrogen (secondary N) is 1. The van der Waals surface area contributed by atoms with E-state index >= 15 is 0 Å². The fourth-order valence-electron chi connectivity index (χ4n) is 4.56. The first-order chi connectivity index (χ1) is 12.9. The lowest BCUT2D eigenvalue weighted by Gasteiger charge is -2.44. The molecule has 0 radical (unpaired) electrons. The smallest absolute Gasteiger partial charge is 0.309 e. The summed E-state index contributed by atoms with van der Waals surface area (Å²) >= 11 is 0. The first-order valence-corrected chi connectivity index (χ1v) is 10.8. The molecule has 0 amide bonds. The zero-order chi connectivity index (χ0) is 19.9. The average molecular weight is 381 g/mol. The Morgan fingerprint density at radius 3 is 2.52 bits per heavy atom. The largest absolute Gasteiger partial charge is 0.466 e. The Morgan fingerprint density at radius 2 is 1.96 bits per heavy atom. The van der Waals surface area contributed by atoms with E-state index in [-0.39, 0.29) is 17.4 Å². The van der Waals surface area contributed by atoms with Crippen LogP contribution in [0.1, 0.15) is 59.3 Å². The van der Waals surface area contributed by atoms with E-state index in [2.05, 4.69) is 43.1 Å². The van der Waals surface area contributed by atoms with Crippen molar-refractivity contribution in [1.29, 1.82) is 0 Å². The zero-order valence-corrected chi connectivity index (χ0v) is 18.1. The summed E-state index contributed by atoms with van der Waals surface area (Å²) in [6.07, 6.45) is 6.75. The number of likely N-dealkylation sites (tertiary alicyclic amines) is 1. The van der Waals surface area contributed by atoms with E-state index in [4.69, 9.17) is 9.73 Å². The van der Waals surface area contributed by atoms with Gasteiger partial charge in [-0.15, -0.1) is 0 Å². The Morgan fingerprint density at radius 1 is 1.26 bits per heavy atom. The van der Waals surface area contributed by atoms with Crippen LogP contribution in [0.3, 0.4) is 0 Å². The van der Waals surface area contributed by atoms with Crippen LogP contribution in [-0.2, 0) is 9.53 Å². The second-order valence-electron chi connectivity index (χ2n) is 8.50. The maximum absolute atomic E-state index is 12.0. The predicted octanol–water partition coefficient (Wildman–Crippen LogP) is 2.74. The molecule has 6 nitrogen and oxygen atoms in total. The molecule has 1 saturated heterocycles. The van der Waals surface area contributed by atoms with Crippen LogP contribution >= 0.6 is 0 Å². The van der Waals surface area contributed by atoms with Gasteiger partial charge < -0.3 is 19.9 Å². The monoisotopic (exact) mass is 380 g/mol. The molecule has 0 aromatic rings. The van der Waals surface area contributed by atoms with Crippen LogP contribution in [0.2, 0.25) is 0 Å². The van der Waals surface area contributed by atoms with Crippen molar-refractivity contribution in [2.24, 2.45) is 16.8 Å². The Labute approximate surface area is 165 Å². The molecule has 0 spiro atoms. The molecule has 1 aliphatic heterocycles. The molecule has 2 fully saturated rings. The summed E-state index contributed by atoms with van der Waals surface area (Å²) in [6, 6.07) is 0. The van der Waals surface area contributed by atoms with E-state index in [1.807, 2.05) is 6.92 Å². The number of guanidine groups is 1. The summed E-state index contributed by atoms with van der Waals surface area (Å²) in [6.45, 7) is 10.2. The van der Waals surface area contributed by atoms with Crippen LogP contribution in [0.25, 0.3) is 0 Å². The lowest BCUT2D eigenvalue weighted by atomic mass is 9.75. The predicted molar refractivity (Wildman–Crippen MR) is 111 cm³/mol. The Hall–Kier alpha value is -1.30. The van der Waals surface area contributed by atoms with E-state index in [9.17, 15) is 4.79 Å². The highest BCUT2D eigenvalue weighted by atomic mass is 16.5. The van der Waals surface area contributed by atoms with E-state index in [1.165, 1.54) is 25.7 Å². The van der Waals surface area contributed by atoms with Crippen LogP contribution in [0.15, 0.2) is 4.99 Å². The minimum absolute atomic E-state index is 0.0383. The van der Waals surface area contributed by atoms with Crippen LogP contribution in [-0.4, -0.2) is 74.1 Å². The van der Waals surface area contributed by atoms with Gasteiger partial charge in [-0.2, -0.15) is 0 Å². The van der Waals surface area contributed by atoms with Crippen molar-refractivity contribution < 1.29 is 9.53 Å². The number of hydrogen-bond acceptors (Lipinski definition) is 4. The quantitative estimate of drug-likeness (QED) is 0.436. The molecule has 0 aromatic carbocycles. The number of piperidine rings is 1. The van der Waals surface area contributed by atoms with Crippen molar-refractivity contribution in [1.82, 2.24) is 15.1 Å². The molecule has 1 N–H and O–H groups in total. The molecule has 2 unspecified atom stereocenters. The third-order valence-electron chi connectivity index (χ3n) is 6.29. The van der Waals surface area contributed by atoms with Gasteiger partial charge >= 0.3 is 5.97 Å². The Bertz CT molecular complexity index is 500. The number of carbonyl (C=O) groups excluding carboxylic acids is 1. The van der Waals surface area contributed by atoms with Gasteiger partial charge in [0.15, 0.2) is 5.96 Å². The lowest BCUT2D eigenvalue weighted by Crippen LogP contribution is -2.52. The minimum atomic E-state index is -0.0400. The average Bonchev–Trinajstić information content (AvgIpc) is 2.65. The lowest BCUT2D eigenvalue weighted by molar-refractivity contribution is -0.149. The molecule has 0 bridgehead atoms. The highest BCUT2D eigenvalue weighted by Crippen LogP contribution is 2.36. The number of likely N-dealkylation sites (N-methyl/N-ethyl adjacent to an activating group) is 1. The summed E-state index contributed by atoms with van der Waals surface area (Å²) in [4.78, 5) is 21.8. The van der Waals surface area contributed by atoms with Crippen molar-refractivity contribution in [2.75, 3.05) is 46.9 Å². The molecular weight excluding hydrogens is 340 g/mol. The molecule has 1 aliphatic carbocycles. The standard InChI is InChI=1S/C21H40N4O2/c1-6-22-20(25-13-10-18(11-14-25)19(26)27-7-2)23-16-21(24(4)5)12-8-9-17(3)15-21/h17-18H,6-16H2,1-5H3,(H,22,23). The maximum Gasteiger partial charge on any atom is 0.309 e. The molecule has 0 aromatic heterocycles. The Kier molecular flexibility index (Phi) is 8.39. The molecule has 2 rings (SSSR count). The normalized spacial score (nSPS) is 27.7. The van der Waals surface area contributed by atoms with E-state index < -0.39 is 0 Å². The summed E-state index contributed by atoms with van der Waals surface area (Å²) in [5.41, 5.74) is 0.168. The summed E-state index contributed by atoms with van der Waals surface area (Å²) < 4.78 is 5.19. The molecule has 27 heavy (non-hydrogen) atoms. The van der Waals surface area contributed by atoms with Gasteiger partial charge in [-0.3, -0.25) is 9.79 Å². The highest BCUT2D eigenvalue weighted by Gasteiger charge is 2.37. The third-order valence-corrected chi connectivity index (χ3v) is 6.29. The van der Waals surface area contributed by atoms with Crippen molar-refractivity contribution in [3.05, 3.63) is 0 Å². The number of carbonyl (C=O) groups is 1. The van der Waals surface area contributed by atoms with E-state index in [0.29, 0.717) is 6.61 Å². The van der Waals surface area contributed by atoms with Crippen molar-refractivity contribution in [3.63, 3.8) is 0 Å². The number of hydrogen-bond donors (Lipinski definition) is 1. The minimum Gasteiger partial charge on any atom is -0.466 e. The third kappa shape index (κ3) is 5.84. The number of aliphatic imine (C=N–C) groups is 1. The summed E-state index contributed by atoms with van der Waals surface area (Å²) in [5.74, 6) is 1.76. The molecule has 2 atom stereocenters. The first-order valence-electron chi connectivity index (χ1n) is 10.8. The van der Waals surface area contributed by atoms with Gasteiger partial charge in [-0.05, 0) is 59.5 Å². The maximum atomic E-state index is 12.0. The molecule has 6 heteroatoms. The van der Waals surface area contributed by atoms with Crippen molar-refractivity contribution in [3.8, 4) is 0 Å². The number of ether oxygens (including phenoxy) is 1. The molecular formula is C21H40N4O2. The van der Waals surface area contributed by atoms with Gasteiger partial charge in [0.2, 0.25) is 0 Å². The van der Waals surface area contributed by atoms with E-state index in [1.54, 1.807) is 0 Å². The first kappa shape index (κ1) is 22.0. The van der Waals surface area contributed by atoms with Gasteiger partial charge in [0.1, 0.15) is 0 Å². The van der Waals surface area contributed by atoms with Crippen LogP contribution in [0, 0.1) is 11.8 Å². The van der Waals surface area contributed by atoms with Crippen LogP contribution in [0.4, 0.5) is 0 Å². The topological polar surface area (TPSA) is 57.2 Å². The Balaban J connectivity index is 2.02. The zero-order valence-electron chi connectivity index (χ0n) is 18.1. The van der Waals surface area contributed by atoms with Crippen LogP contribution in [0.5, 0.6) is 0 Å². The molecule has 2 aliphatic rings. The summed E-state index contributed by atoms with van der Waals surface area (Å²) in [5, 5.41) is 3.47. The number of nitrogens with zero attached hydrogens (tertiary/aromatic N) is 3. The molecule has 156 valence electrons. The number of rotatable bonds is 6. The van der Waals surface area contributed by atoms with Gasteiger partial charge in [-0.1, -0.05) is 19.8 Å². The SMILES string of the molecule is CCNC(=NCC1(N(C)C)CCCC(C)C1)N1CCC(C(=O)OCC)CC1. The van der Waals surface area contributed by atoms with Gasteiger partial charge in [0.05, 0.1) is 19.1 Å². The fraction of sp³-hybridized carbons (Fsp3) is 0.905.